The zero-order chi connectivity index (χ0) is 28.1. The van der Waals surface area contributed by atoms with Gasteiger partial charge in [-0.2, -0.15) is 0 Å². The SMILES string of the molecule is CCCCNC(=O)c1cc[n+](CC2=C(C(=O)O)N3C(=O)[C@@H](NC(=O)/C(=N\OC)c4csc(N)n4)[C@H]3SC2)cc1. The third-order valence-corrected chi connectivity index (χ3v) is 8.05. The molecule has 0 saturated carbocycles. The van der Waals surface area contributed by atoms with Crippen molar-refractivity contribution < 1.29 is 33.7 Å². The van der Waals surface area contributed by atoms with E-state index in [1.165, 1.54) is 29.2 Å². The number of rotatable bonds is 11. The van der Waals surface area contributed by atoms with Crippen LogP contribution in [0.2, 0.25) is 0 Å². The lowest BCUT2D eigenvalue weighted by atomic mass is 10.0. The maximum Gasteiger partial charge on any atom is 0.352 e. The first-order valence-electron chi connectivity index (χ1n) is 12.1. The molecule has 13 nitrogen and oxygen atoms in total. The number of hydrogen-bond donors (Lipinski definition) is 4. The second-order valence-corrected chi connectivity index (χ2v) is 10.7. The van der Waals surface area contributed by atoms with Crippen molar-refractivity contribution in [1.29, 1.82) is 0 Å². The molecule has 2 atom stereocenters. The van der Waals surface area contributed by atoms with Gasteiger partial charge in [-0.25, -0.2) is 14.3 Å². The zero-order valence-corrected chi connectivity index (χ0v) is 22.9. The molecule has 1 saturated heterocycles. The largest absolute Gasteiger partial charge is 0.477 e. The molecule has 15 heteroatoms. The molecule has 2 aliphatic rings. The Morgan fingerprint density at radius 3 is 2.69 bits per heavy atom. The molecule has 0 bridgehead atoms. The number of nitrogens with zero attached hydrogens (tertiary/aromatic N) is 4. The molecule has 2 aliphatic heterocycles. The number of unbranched alkanes of at least 4 members (excludes halogenated alkanes) is 1. The van der Waals surface area contributed by atoms with Crippen LogP contribution >= 0.6 is 23.1 Å². The Hall–Kier alpha value is -3.98. The number of thiazole rings is 1. The summed E-state index contributed by atoms with van der Waals surface area (Å²) in [6, 6.07) is 2.38. The van der Waals surface area contributed by atoms with Crippen molar-refractivity contribution in [1.82, 2.24) is 20.5 Å². The van der Waals surface area contributed by atoms with Gasteiger partial charge in [0.05, 0.1) is 5.56 Å². The highest BCUT2D eigenvalue weighted by molar-refractivity contribution is 8.00. The number of carbonyl (C=O) groups excluding carboxylic acids is 3. The molecule has 4 rings (SSSR count). The molecule has 2 aromatic heterocycles. The Morgan fingerprint density at radius 2 is 2.08 bits per heavy atom. The van der Waals surface area contributed by atoms with Crippen LogP contribution in [0.25, 0.3) is 0 Å². The quantitative estimate of drug-likeness (QED) is 0.0967. The van der Waals surface area contributed by atoms with Crippen LogP contribution < -0.4 is 20.9 Å². The number of aliphatic carboxylic acids is 1. The highest BCUT2D eigenvalue weighted by Crippen LogP contribution is 2.40. The van der Waals surface area contributed by atoms with Gasteiger partial charge in [-0.1, -0.05) is 18.5 Å². The van der Waals surface area contributed by atoms with E-state index in [0.717, 1.165) is 24.2 Å². The Bertz CT molecular complexity index is 1340. The minimum Gasteiger partial charge on any atom is -0.477 e. The summed E-state index contributed by atoms with van der Waals surface area (Å²) >= 11 is 2.47. The molecule has 0 radical (unpaired) electrons. The zero-order valence-electron chi connectivity index (χ0n) is 21.2. The average Bonchev–Trinajstić information content (AvgIpc) is 3.35. The highest BCUT2D eigenvalue weighted by atomic mass is 32.2. The molecular formula is C24H28N7O6S2+. The fourth-order valence-corrected chi connectivity index (χ4v) is 6.00. The van der Waals surface area contributed by atoms with Gasteiger partial charge in [0, 0.05) is 35.4 Å². The Morgan fingerprint density at radius 1 is 1.33 bits per heavy atom. The number of nitrogen functional groups attached to an aromatic ring is 1. The molecular weight excluding hydrogens is 546 g/mol. The number of anilines is 1. The number of carbonyl (C=O) groups is 4. The molecule has 206 valence electrons. The summed E-state index contributed by atoms with van der Waals surface area (Å²) in [5, 5.41) is 20.3. The number of carboxylic acid groups (broad SMARTS) is 1. The first-order valence-corrected chi connectivity index (χ1v) is 14.0. The fourth-order valence-electron chi connectivity index (χ4n) is 4.12. The third kappa shape index (κ3) is 6.04. The molecule has 2 aromatic rings. The van der Waals surface area contributed by atoms with E-state index < -0.39 is 29.2 Å². The summed E-state index contributed by atoms with van der Waals surface area (Å²) in [5.41, 5.74) is 6.63. The van der Waals surface area contributed by atoms with Crippen LogP contribution in [0.5, 0.6) is 0 Å². The van der Waals surface area contributed by atoms with Crippen LogP contribution in [0.1, 0.15) is 35.8 Å². The number of fused-ring (bicyclic) bond motifs is 1. The van der Waals surface area contributed by atoms with E-state index in [-0.39, 0.29) is 34.7 Å². The van der Waals surface area contributed by atoms with Gasteiger partial charge >= 0.3 is 5.97 Å². The number of nitrogens with one attached hydrogen (secondary N) is 2. The molecule has 0 aromatic carbocycles. The summed E-state index contributed by atoms with van der Waals surface area (Å²) in [6.45, 7) is 2.86. The standard InChI is InChI=1S/C24H27N7O6S2/c1-3-4-7-26-19(32)13-5-8-30(9-6-13)10-14-11-38-22-17(21(34)31(22)18(14)23(35)36)28-20(33)16(29-37-2)15-12-39-24(25)27-15/h5-6,8-9,12,17,22H,3-4,7,10-11H2,1-2H3,(H4-,25,26,27,28,32,33,35,36)/p+1/b29-16-/t17-,22-/m1/s1. The van der Waals surface area contributed by atoms with E-state index in [0.29, 0.717) is 23.4 Å². The van der Waals surface area contributed by atoms with Gasteiger partial charge in [-0.05, 0) is 6.42 Å². The van der Waals surface area contributed by atoms with Crippen LogP contribution in [-0.4, -0.2) is 75.2 Å². The van der Waals surface area contributed by atoms with Gasteiger partial charge in [0.25, 0.3) is 17.7 Å². The molecule has 5 N–H and O–H groups in total. The van der Waals surface area contributed by atoms with Crippen molar-refractivity contribution in [2.24, 2.45) is 5.16 Å². The van der Waals surface area contributed by atoms with E-state index in [1.54, 1.807) is 29.1 Å². The summed E-state index contributed by atoms with van der Waals surface area (Å²) in [5.74, 6) is -2.32. The summed E-state index contributed by atoms with van der Waals surface area (Å²) in [7, 11) is 1.27. The smallest absolute Gasteiger partial charge is 0.352 e. The highest BCUT2D eigenvalue weighted by Gasteiger charge is 2.54. The van der Waals surface area contributed by atoms with Crippen LogP contribution in [0, 0.1) is 0 Å². The van der Waals surface area contributed by atoms with Crippen molar-refractivity contribution in [2.45, 2.75) is 37.7 Å². The summed E-state index contributed by atoms with van der Waals surface area (Å²) < 4.78 is 1.75. The third-order valence-electron chi connectivity index (χ3n) is 6.04. The van der Waals surface area contributed by atoms with Crippen LogP contribution in [-0.2, 0) is 25.8 Å². The van der Waals surface area contributed by atoms with Crippen LogP contribution in [0.3, 0.4) is 0 Å². The van der Waals surface area contributed by atoms with E-state index in [4.69, 9.17) is 10.6 Å². The van der Waals surface area contributed by atoms with E-state index >= 15 is 0 Å². The predicted octanol–water partition coefficient (Wildman–Crippen LogP) is 0.332. The van der Waals surface area contributed by atoms with E-state index in [1.807, 2.05) is 6.92 Å². The lowest BCUT2D eigenvalue weighted by Gasteiger charge is -2.49. The fraction of sp³-hybridized carbons (Fsp3) is 0.375. The number of β-lactam (4-membered cyclic amide) rings is 1. The van der Waals surface area contributed by atoms with Crippen molar-refractivity contribution in [3.63, 3.8) is 0 Å². The summed E-state index contributed by atoms with van der Waals surface area (Å²) in [6.07, 6.45) is 5.26. The van der Waals surface area contributed by atoms with Crippen molar-refractivity contribution in [2.75, 3.05) is 25.1 Å². The Kier molecular flexibility index (Phi) is 8.81. The summed E-state index contributed by atoms with van der Waals surface area (Å²) in [4.78, 5) is 60.4. The second kappa shape index (κ2) is 12.3. The van der Waals surface area contributed by atoms with Crippen molar-refractivity contribution in [3.05, 3.63) is 52.4 Å². The maximum atomic E-state index is 13.0. The van der Waals surface area contributed by atoms with E-state index in [2.05, 4.69) is 20.8 Å². The molecule has 0 aliphatic carbocycles. The minimum absolute atomic E-state index is 0.110. The van der Waals surface area contributed by atoms with Gasteiger partial charge in [0.15, 0.2) is 29.8 Å². The molecule has 3 amide bonds. The first kappa shape index (κ1) is 28.0. The molecule has 0 unspecified atom stereocenters. The van der Waals surface area contributed by atoms with Crippen molar-refractivity contribution in [3.8, 4) is 0 Å². The number of oxime groups is 1. The van der Waals surface area contributed by atoms with Gasteiger partial charge in [0.1, 0.15) is 29.9 Å². The lowest BCUT2D eigenvalue weighted by molar-refractivity contribution is -0.689. The average molecular weight is 575 g/mol. The van der Waals surface area contributed by atoms with Gasteiger partial charge in [-0.15, -0.1) is 23.1 Å². The lowest BCUT2D eigenvalue weighted by Crippen LogP contribution is -2.71. The molecule has 39 heavy (non-hydrogen) atoms. The van der Waals surface area contributed by atoms with Gasteiger partial charge in [-0.3, -0.25) is 19.3 Å². The maximum absolute atomic E-state index is 13.0. The number of pyridine rings is 1. The Labute approximate surface area is 232 Å². The number of aromatic nitrogens is 2. The monoisotopic (exact) mass is 574 g/mol. The number of carboxylic acids is 1. The van der Waals surface area contributed by atoms with Crippen LogP contribution in [0.15, 0.2) is 46.3 Å². The molecule has 1 fully saturated rings. The number of hydrogen-bond acceptors (Lipinski definition) is 10. The number of thioether (sulfide) groups is 1. The first-order chi connectivity index (χ1) is 18.7. The number of amides is 3. The van der Waals surface area contributed by atoms with Crippen LogP contribution in [0.4, 0.5) is 5.13 Å². The number of nitrogens with two attached hydrogens (primary N) is 1. The second-order valence-electron chi connectivity index (χ2n) is 8.68. The van der Waals surface area contributed by atoms with E-state index in [9.17, 15) is 24.3 Å². The van der Waals surface area contributed by atoms with Crippen molar-refractivity contribution >= 4 is 57.6 Å². The molecule has 4 heterocycles. The van der Waals surface area contributed by atoms with Gasteiger partial charge < -0.3 is 26.3 Å². The Balaban J connectivity index is 1.46. The topological polar surface area (TPSA) is 180 Å². The minimum atomic E-state index is -1.24. The predicted molar refractivity (Wildman–Crippen MR) is 144 cm³/mol. The molecule has 0 spiro atoms. The normalized spacial score (nSPS) is 18.8. The van der Waals surface area contributed by atoms with Gasteiger partial charge in [0.2, 0.25) is 0 Å².